The van der Waals surface area contributed by atoms with Crippen LogP contribution in [0.4, 0.5) is 4.79 Å². The molecule has 1 fully saturated rings. The average molecular weight is 480 g/mol. The number of aliphatic carboxylic acids is 1. The number of likely N-dealkylation sites (tertiary alicyclic amines) is 1. The Hall–Kier alpha value is -3.88. The molecule has 0 radical (unpaired) electrons. The molecule has 0 spiro atoms. The fourth-order valence-electron chi connectivity index (χ4n) is 4.80. The molecule has 184 valence electrons. The highest BCUT2D eigenvalue weighted by Crippen LogP contribution is 2.44. The van der Waals surface area contributed by atoms with E-state index in [1.807, 2.05) is 55.5 Å². The van der Waals surface area contributed by atoms with Gasteiger partial charge in [-0.05, 0) is 42.0 Å². The van der Waals surface area contributed by atoms with Gasteiger partial charge in [-0.2, -0.15) is 0 Å². The van der Waals surface area contributed by atoms with Gasteiger partial charge in [-0.1, -0.05) is 48.5 Å². The summed E-state index contributed by atoms with van der Waals surface area (Å²) in [4.78, 5) is 49.6. The van der Waals surface area contributed by atoms with Crippen molar-refractivity contribution in [3.05, 3.63) is 59.7 Å². The topological polar surface area (TPSA) is 125 Å². The molecule has 1 aliphatic heterocycles. The molecule has 0 bridgehead atoms. The van der Waals surface area contributed by atoms with Crippen LogP contribution in [0.1, 0.15) is 36.8 Å². The van der Waals surface area contributed by atoms with Crippen molar-refractivity contribution in [2.45, 2.75) is 31.7 Å². The Morgan fingerprint density at radius 3 is 2.20 bits per heavy atom. The van der Waals surface area contributed by atoms with Gasteiger partial charge in [0.05, 0.1) is 12.5 Å². The summed E-state index contributed by atoms with van der Waals surface area (Å²) < 4.78 is 5.40. The number of hydrogen-bond donors (Lipinski definition) is 3. The molecular weight excluding hydrogens is 450 g/mol. The number of amides is 3. The number of nitrogens with one attached hydrogen (secondary N) is 2. The van der Waals surface area contributed by atoms with Crippen LogP contribution in [-0.4, -0.2) is 66.2 Å². The van der Waals surface area contributed by atoms with Gasteiger partial charge in [0, 0.05) is 18.5 Å². The summed E-state index contributed by atoms with van der Waals surface area (Å²) >= 11 is 0. The second kappa shape index (κ2) is 10.6. The van der Waals surface area contributed by atoms with Crippen molar-refractivity contribution in [2.24, 2.45) is 5.92 Å². The zero-order valence-electron chi connectivity index (χ0n) is 19.5. The van der Waals surface area contributed by atoms with Crippen LogP contribution in [0.3, 0.4) is 0 Å². The Kier molecular flexibility index (Phi) is 7.33. The summed E-state index contributed by atoms with van der Waals surface area (Å²) in [7, 11) is 0. The number of piperidine rings is 1. The molecule has 2 atom stereocenters. The van der Waals surface area contributed by atoms with Crippen LogP contribution in [0.25, 0.3) is 11.1 Å². The zero-order valence-corrected chi connectivity index (χ0v) is 19.5. The fraction of sp³-hybridized carbons (Fsp3) is 0.385. The summed E-state index contributed by atoms with van der Waals surface area (Å²) in [5.74, 6) is -2.49. The van der Waals surface area contributed by atoms with Crippen molar-refractivity contribution in [3.8, 4) is 11.1 Å². The first-order chi connectivity index (χ1) is 16.8. The van der Waals surface area contributed by atoms with Crippen molar-refractivity contribution < 1.29 is 29.0 Å². The summed E-state index contributed by atoms with van der Waals surface area (Å²) in [6.07, 6.45) is 0.402. The second-order valence-corrected chi connectivity index (χ2v) is 8.96. The van der Waals surface area contributed by atoms with Crippen LogP contribution < -0.4 is 10.6 Å². The van der Waals surface area contributed by atoms with Crippen LogP contribution in [0.2, 0.25) is 0 Å². The smallest absolute Gasteiger partial charge is 0.407 e. The number of rotatable bonds is 7. The van der Waals surface area contributed by atoms with E-state index in [9.17, 15) is 24.3 Å². The Morgan fingerprint density at radius 2 is 1.57 bits per heavy atom. The third kappa shape index (κ3) is 5.45. The maximum atomic E-state index is 12.5. The molecule has 3 N–H and O–H groups in total. The molecule has 0 saturated carbocycles. The van der Waals surface area contributed by atoms with Crippen LogP contribution >= 0.6 is 0 Å². The van der Waals surface area contributed by atoms with Gasteiger partial charge in [-0.25, -0.2) is 4.79 Å². The van der Waals surface area contributed by atoms with Crippen molar-refractivity contribution >= 4 is 23.9 Å². The largest absolute Gasteiger partial charge is 0.481 e. The van der Waals surface area contributed by atoms with Crippen molar-refractivity contribution in [2.75, 3.05) is 26.2 Å². The summed E-state index contributed by atoms with van der Waals surface area (Å²) in [5.41, 5.74) is 4.43. The second-order valence-electron chi connectivity index (χ2n) is 8.96. The Balaban J connectivity index is 1.22. The number of carboxylic acids is 1. The first-order valence-electron chi connectivity index (χ1n) is 11.7. The number of alkyl carbamates (subject to hydrolysis) is 1. The molecule has 0 aromatic heterocycles. The molecule has 1 aliphatic carbocycles. The Bertz CT molecular complexity index is 1090. The van der Waals surface area contributed by atoms with Gasteiger partial charge in [0.2, 0.25) is 11.8 Å². The minimum atomic E-state index is -0.925. The van der Waals surface area contributed by atoms with Crippen LogP contribution in [0, 0.1) is 5.92 Å². The molecule has 9 nitrogen and oxygen atoms in total. The highest BCUT2D eigenvalue weighted by atomic mass is 16.5. The van der Waals surface area contributed by atoms with E-state index in [1.165, 1.54) is 4.90 Å². The van der Waals surface area contributed by atoms with Gasteiger partial charge in [0.25, 0.3) is 0 Å². The normalized spacial score (nSPS) is 18.8. The van der Waals surface area contributed by atoms with Gasteiger partial charge >= 0.3 is 12.1 Å². The van der Waals surface area contributed by atoms with E-state index in [0.29, 0.717) is 12.8 Å². The first kappa shape index (κ1) is 24.3. The number of carbonyl (C=O) groups is 4. The van der Waals surface area contributed by atoms with E-state index in [4.69, 9.17) is 4.74 Å². The molecule has 1 saturated heterocycles. The maximum absolute atomic E-state index is 12.5. The molecular formula is C26H29N3O6. The van der Waals surface area contributed by atoms with Crippen LogP contribution in [0.5, 0.6) is 0 Å². The molecule has 9 heteroatoms. The maximum Gasteiger partial charge on any atom is 0.407 e. The van der Waals surface area contributed by atoms with Crippen molar-refractivity contribution in [1.82, 2.24) is 15.5 Å². The molecule has 3 amide bonds. The lowest BCUT2D eigenvalue weighted by molar-refractivity contribution is -0.147. The predicted molar refractivity (Wildman–Crippen MR) is 128 cm³/mol. The van der Waals surface area contributed by atoms with Crippen LogP contribution in [0.15, 0.2) is 48.5 Å². The quantitative estimate of drug-likeness (QED) is 0.560. The van der Waals surface area contributed by atoms with E-state index in [1.54, 1.807) is 0 Å². The SMILES string of the molecule is CC1CCC(C(=O)O)CN1C(=O)CNC(=O)CNC(=O)OCC1c2ccccc2-c2ccccc21. The van der Waals surface area contributed by atoms with Gasteiger partial charge in [0.1, 0.15) is 13.2 Å². The number of benzene rings is 2. The monoisotopic (exact) mass is 479 g/mol. The zero-order chi connectivity index (χ0) is 24.9. The van der Waals surface area contributed by atoms with E-state index < -0.39 is 23.9 Å². The van der Waals surface area contributed by atoms with Crippen molar-refractivity contribution in [3.63, 3.8) is 0 Å². The first-order valence-corrected chi connectivity index (χ1v) is 11.7. The fourth-order valence-corrected chi connectivity index (χ4v) is 4.80. The Morgan fingerprint density at radius 1 is 0.943 bits per heavy atom. The third-order valence-corrected chi connectivity index (χ3v) is 6.73. The number of carbonyl (C=O) groups excluding carboxylic acids is 3. The van der Waals surface area contributed by atoms with Gasteiger partial charge in [-0.15, -0.1) is 0 Å². The molecule has 2 aromatic carbocycles. The third-order valence-electron chi connectivity index (χ3n) is 6.73. The minimum Gasteiger partial charge on any atom is -0.481 e. The number of fused-ring (bicyclic) bond motifs is 3. The average Bonchev–Trinajstić information content (AvgIpc) is 3.18. The highest BCUT2D eigenvalue weighted by Gasteiger charge is 2.32. The van der Waals surface area contributed by atoms with Gasteiger partial charge in [-0.3, -0.25) is 14.4 Å². The highest BCUT2D eigenvalue weighted by molar-refractivity contribution is 5.87. The summed E-state index contributed by atoms with van der Waals surface area (Å²) in [6, 6.07) is 15.9. The summed E-state index contributed by atoms with van der Waals surface area (Å²) in [6.45, 7) is 1.52. The lowest BCUT2D eigenvalue weighted by Crippen LogP contribution is -2.51. The number of carboxylic acid groups (broad SMARTS) is 1. The van der Waals surface area contributed by atoms with Crippen molar-refractivity contribution in [1.29, 1.82) is 0 Å². The van der Waals surface area contributed by atoms with Gasteiger partial charge < -0.3 is 25.4 Å². The summed E-state index contributed by atoms with van der Waals surface area (Å²) in [5, 5.41) is 14.1. The van der Waals surface area contributed by atoms with Crippen LogP contribution in [-0.2, 0) is 19.1 Å². The Labute approximate surface area is 203 Å². The molecule has 35 heavy (non-hydrogen) atoms. The molecule has 2 aromatic rings. The molecule has 1 heterocycles. The minimum absolute atomic E-state index is 0.0826. The standard InChI is InChI=1S/C26H29N3O6/c1-16-10-11-17(25(32)33)14-29(16)24(31)13-27-23(30)12-28-26(34)35-15-22-20-8-4-2-6-18(20)19-7-3-5-9-21(19)22/h2-9,16-17,22H,10-15H2,1H3,(H,27,30)(H,28,34)(H,32,33). The number of ether oxygens (including phenoxy) is 1. The van der Waals surface area contributed by atoms with E-state index in [-0.39, 0.29) is 44.1 Å². The number of nitrogens with zero attached hydrogens (tertiary/aromatic N) is 1. The lowest BCUT2D eigenvalue weighted by Gasteiger charge is -2.36. The van der Waals surface area contributed by atoms with E-state index >= 15 is 0 Å². The molecule has 2 aliphatic rings. The van der Waals surface area contributed by atoms with E-state index in [0.717, 1.165) is 22.3 Å². The van der Waals surface area contributed by atoms with Gasteiger partial charge in [0.15, 0.2) is 0 Å². The van der Waals surface area contributed by atoms with E-state index in [2.05, 4.69) is 10.6 Å². The number of hydrogen-bond acceptors (Lipinski definition) is 5. The molecule has 4 rings (SSSR count). The predicted octanol–water partition coefficient (Wildman–Crippen LogP) is 2.35. The lowest BCUT2D eigenvalue weighted by atomic mass is 9.93. The molecule has 2 unspecified atom stereocenters.